The highest BCUT2D eigenvalue weighted by Crippen LogP contribution is 2.18. The lowest BCUT2D eigenvalue weighted by molar-refractivity contribution is -0.118. The molecule has 1 aromatic rings. The van der Waals surface area contributed by atoms with Crippen LogP contribution >= 0.6 is 15.9 Å². The molecule has 132 valence electrons. The van der Waals surface area contributed by atoms with E-state index < -0.39 is 0 Å². The van der Waals surface area contributed by atoms with Crippen LogP contribution in [0.4, 0.5) is 5.69 Å². The normalized spacial score (nSPS) is 23.8. The van der Waals surface area contributed by atoms with Crippen molar-refractivity contribution in [2.45, 2.75) is 37.9 Å². The summed E-state index contributed by atoms with van der Waals surface area (Å²) in [6, 6.07) is 7.64. The Morgan fingerprint density at radius 3 is 2.17 bits per heavy atom. The molecule has 1 N–H and O–H groups in total. The van der Waals surface area contributed by atoms with Gasteiger partial charge in [0.2, 0.25) is 5.91 Å². The third-order valence-corrected chi connectivity index (χ3v) is 5.00. The van der Waals surface area contributed by atoms with Crippen LogP contribution in [0.2, 0.25) is 0 Å². The van der Waals surface area contributed by atoms with Crippen molar-refractivity contribution >= 4 is 27.5 Å². The first-order valence-corrected chi connectivity index (χ1v) is 9.49. The van der Waals surface area contributed by atoms with Crippen molar-refractivity contribution in [3.05, 3.63) is 28.7 Å². The van der Waals surface area contributed by atoms with Gasteiger partial charge < -0.3 is 14.8 Å². The largest absolute Gasteiger partial charge is 0.377 e. The predicted octanol–water partition coefficient (Wildman–Crippen LogP) is 3.05. The molecule has 2 fully saturated rings. The second kappa shape index (κ2) is 8.94. The average molecular weight is 397 g/mol. The highest BCUT2D eigenvalue weighted by molar-refractivity contribution is 9.10. The minimum atomic E-state index is 0.00770. The van der Waals surface area contributed by atoms with Crippen molar-refractivity contribution in [2.24, 2.45) is 0 Å². The molecular weight excluding hydrogens is 372 g/mol. The number of carbonyl (C=O) groups is 1. The van der Waals surface area contributed by atoms with Gasteiger partial charge in [0.05, 0.1) is 18.8 Å². The van der Waals surface area contributed by atoms with Crippen LogP contribution in [0.5, 0.6) is 0 Å². The SMILES string of the molecule is O=C(CN(C[C@H]1CCCO1)C[C@H]1CCCO1)Nc1ccc(Br)cc1. The number of carbonyl (C=O) groups excluding carboxylic acids is 1. The first-order chi connectivity index (χ1) is 11.7. The van der Waals surface area contributed by atoms with Gasteiger partial charge in [0.1, 0.15) is 0 Å². The van der Waals surface area contributed by atoms with E-state index in [4.69, 9.17) is 9.47 Å². The third kappa shape index (κ3) is 5.55. The average Bonchev–Trinajstić information content (AvgIpc) is 3.23. The summed E-state index contributed by atoms with van der Waals surface area (Å²) in [5.41, 5.74) is 0.817. The maximum atomic E-state index is 12.4. The van der Waals surface area contributed by atoms with Crippen LogP contribution in [0, 0.1) is 0 Å². The first-order valence-electron chi connectivity index (χ1n) is 8.70. The van der Waals surface area contributed by atoms with Crippen molar-refractivity contribution in [3.63, 3.8) is 0 Å². The molecule has 24 heavy (non-hydrogen) atoms. The molecule has 0 radical (unpaired) electrons. The molecule has 2 aliphatic heterocycles. The summed E-state index contributed by atoms with van der Waals surface area (Å²) in [7, 11) is 0. The Labute approximate surface area is 151 Å². The number of ether oxygens (including phenoxy) is 2. The van der Waals surface area contributed by atoms with Gasteiger partial charge in [-0.1, -0.05) is 15.9 Å². The Bertz CT molecular complexity index is 508. The van der Waals surface area contributed by atoms with Crippen LogP contribution in [0.25, 0.3) is 0 Å². The molecule has 3 rings (SSSR count). The molecule has 6 heteroatoms. The molecule has 1 amide bonds. The summed E-state index contributed by atoms with van der Waals surface area (Å²) in [5, 5.41) is 2.97. The molecule has 0 bridgehead atoms. The molecule has 1 aromatic carbocycles. The molecule has 0 saturated carbocycles. The van der Waals surface area contributed by atoms with Gasteiger partial charge in [0, 0.05) is 36.5 Å². The lowest BCUT2D eigenvalue weighted by atomic mass is 10.2. The molecule has 2 saturated heterocycles. The zero-order chi connectivity index (χ0) is 16.8. The summed E-state index contributed by atoms with van der Waals surface area (Å²) in [5.74, 6) is 0.00770. The Balaban J connectivity index is 1.54. The summed E-state index contributed by atoms with van der Waals surface area (Å²) < 4.78 is 12.5. The lowest BCUT2D eigenvalue weighted by Crippen LogP contribution is -2.42. The van der Waals surface area contributed by atoms with Gasteiger partial charge >= 0.3 is 0 Å². The standard InChI is InChI=1S/C18H25BrN2O3/c19-14-5-7-15(8-6-14)20-18(22)13-21(11-16-3-1-9-23-16)12-17-4-2-10-24-17/h5-8,16-17H,1-4,9-13H2,(H,20,22)/t16-,17-/m1/s1. The topological polar surface area (TPSA) is 50.8 Å². The van der Waals surface area contributed by atoms with Gasteiger partial charge in [0.15, 0.2) is 0 Å². The van der Waals surface area contributed by atoms with E-state index in [-0.39, 0.29) is 18.1 Å². The fourth-order valence-corrected chi connectivity index (χ4v) is 3.56. The van der Waals surface area contributed by atoms with E-state index in [1.54, 1.807) is 0 Å². The molecule has 0 aliphatic carbocycles. The fourth-order valence-electron chi connectivity index (χ4n) is 3.29. The Kier molecular flexibility index (Phi) is 6.66. The number of benzene rings is 1. The smallest absolute Gasteiger partial charge is 0.238 e. The monoisotopic (exact) mass is 396 g/mol. The van der Waals surface area contributed by atoms with E-state index in [1.165, 1.54) is 0 Å². The Morgan fingerprint density at radius 1 is 1.08 bits per heavy atom. The third-order valence-electron chi connectivity index (χ3n) is 4.47. The number of hydrogen-bond donors (Lipinski definition) is 1. The second-order valence-corrected chi connectivity index (χ2v) is 7.43. The highest BCUT2D eigenvalue weighted by atomic mass is 79.9. The predicted molar refractivity (Wildman–Crippen MR) is 97.2 cm³/mol. The summed E-state index contributed by atoms with van der Waals surface area (Å²) in [6.07, 6.45) is 4.87. The number of halogens is 1. The molecule has 2 heterocycles. The minimum Gasteiger partial charge on any atom is -0.377 e. The lowest BCUT2D eigenvalue weighted by Gasteiger charge is -2.27. The number of anilines is 1. The van der Waals surface area contributed by atoms with Gasteiger partial charge in [-0.2, -0.15) is 0 Å². The maximum absolute atomic E-state index is 12.4. The maximum Gasteiger partial charge on any atom is 0.238 e. The number of rotatable bonds is 7. The molecule has 0 aromatic heterocycles. The van der Waals surface area contributed by atoms with Crippen molar-refractivity contribution in [1.29, 1.82) is 0 Å². The molecule has 0 spiro atoms. The van der Waals surface area contributed by atoms with Gasteiger partial charge in [-0.25, -0.2) is 0 Å². The van der Waals surface area contributed by atoms with E-state index in [9.17, 15) is 4.79 Å². The zero-order valence-corrected chi connectivity index (χ0v) is 15.5. The van der Waals surface area contributed by atoms with Crippen LogP contribution in [0.1, 0.15) is 25.7 Å². The number of nitrogens with one attached hydrogen (secondary N) is 1. The molecule has 5 nitrogen and oxygen atoms in total. The molecule has 2 aliphatic rings. The van der Waals surface area contributed by atoms with E-state index >= 15 is 0 Å². The summed E-state index contributed by atoms with van der Waals surface area (Å²) in [6.45, 7) is 3.64. The van der Waals surface area contributed by atoms with Gasteiger partial charge in [0.25, 0.3) is 0 Å². The second-order valence-electron chi connectivity index (χ2n) is 6.52. The van der Waals surface area contributed by atoms with Crippen molar-refractivity contribution in [1.82, 2.24) is 4.90 Å². The van der Waals surface area contributed by atoms with Crippen LogP contribution in [0.15, 0.2) is 28.7 Å². The van der Waals surface area contributed by atoms with Gasteiger partial charge in [-0.3, -0.25) is 9.69 Å². The minimum absolute atomic E-state index is 0.00770. The van der Waals surface area contributed by atoms with Crippen LogP contribution in [0.3, 0.4) is 0 Å². The van der Waals surface area contributed by atoms with E-state index in [1.807, 2.05) is 24.3 Å². The van der Waals surface area contributed by atoms with E-state index in [2.05, 4.69) is 26.1 Å². The molecular formula is C18H25BrN2O3. The van der Waals surface area contributed by atoms with Crippen molar-refractivity contribution in [3.8, 4) is 0 Å². The first kappa shape index (κ1) is 17.9. The Morgan fingerprint density at radius 2 is 1.67 bits per heavy atom. The zero-order valence-electron chi connectivity index (χ0n) is 13.9. The van der Waals surface area contributed by atoms with Crippen molar-refractivity contribution in [2.75, 3.05) is 38.2 Å². The van der Waals surface area contributed by atoms with Crippen LogP contribution in [-0.4, -0.2) is 55.9 Å². The number of hydrogen-bond acceptors (Lipinski definition) is 4. The fraction of sp³-hybridized carbons (Fsp3) is 0.611. The van der Waals surface area contributed by atoms with E-state index in [0.29, 0.717) is 6.54 Å². The van der Waals surface area contributed by atoms with E-state index in [0.717, 1.165) is 62.1 Å². The van der Waals surface area contributed by atoms with Crippen molar-refractivity contribution < 1.29 is 14.3 Å². The molecule has 2 atom stereocenters. The van der Waals surface area contributed by atoms with Crippen LogP contribution < -0.4 is 5.32 Å². The van der Waals surface area contributed by atoms with Gasteiger partial charge in [-0.05, 0) is 49.9 Å². The van der Waals surface area contributed by atoms with Crippen LogP contribution in [-0.2, 0) is 14.3 Å². The van der Waals surface area contributed by atoms with Gasteiger partial charge in [-0.15, -0.1) is 0 Å². The Hall–Kier alpha value is -0.950. The summed E-state index contributed by atoms with van der Waals surface area (Å²) in [4.78, 5) is 14.6. The number of nitrogens with zero attached hydrogens (tertiary/aromatic N) is 1. The quantitative estimate of drug-likeness (QED) is 0.769. The number of amides is 1. The molecule has 0 unspecified atom stereocenters. The highest BCUT2D eigenvalue weighted by Gasteiger charge is 2.25. The summed E-state index contributed by atoms with van der Waals surface area (Å²) >= 11 is 3.40.